The quantitative estimate of drug-likeness (QED) is 0.426. The minimum Gasteiger partial charge on any atom is -0.496 e. The van der Waals surface area contributed by atoms with Crippen LogP contribution in [0.4, 0.5) is 0 Å². The Morgan fingerprint density at radius 3 is 2.52 bits per heavy atom. The van der Waals surface area contributed by atoms with E-state index < -0.39 is 0 Å². The van der Waals surface area contributed by atoms with Crippen LogP contribution >= 0.6 is 24.0 Å². The van der Waals surface area contributed by atoms with E-state index in [1.165, 1.54) is 5.56 Å². The number of nitrogens with zero attached hydrogens (tertiary/aromatic N) is 2. The van der Waals surface area contributed by atoms with Gasteiger partial charge in [-0.15, -0.1) is 24.0 Å². The van der Waals surface area contributed by atoms with Crippen molar-refractivity contribution in [2.75, 3.05) is 21.2 Å². The van der Waals surface area contributed by atoms with Crippen LogP contribution in [0.5, 0.6) is 5.75 Å². The van der Waals surface area contributed by atoms with E-state index in [2.05, 4.69) is 58.7 Å². The van der Waals surface area contributed by atoms with E-state index in [1.54, 1.807) is 7.11 Å². The van der Waals surface area contributed by atoms with Crippen molar-refractivity contribution in [2.45, 2.75) is 24.9 Å². The Kier molecular flexibility index (Phi) is 7.11. The molecule has 1 aliphatic rings. The summed E-state index contributed by atoms with van der Waals surface area (Å²) in [6.45, 7) is 0.756. The fourth-order valence-corrected chi connectivity index (χ4v) is 3.10. The van der Waals surface area contributed by atoms with E-state index in [0.717, 1.165) is 30.2 Å². The molecule has 0 saturated heterocycles. The SMILES string of the molecule is CN=C(NC1CC1c1ccccc1)N(C)Cc1ccccc1OC.I. The molecule has 25 heavy (non-hydrogen) atoms. The molecule has 0 heterocycles. The van der Waals surface area contributed by atoms with E-state index in [4.69, 9.17) is 4.74 Å². The van der Waals surface area contributed by atoms with Gasteiger partial charge >= 0.3 is 0 Å². The molecule has 0 bridgehead atoms. The summed E-state index contributed by atoms with van der Waals surface area (Å²) in [5.41, 5.74) is 2.55. The molecule has 1 saturated carbocycles. The standard InChI is InChI=1S/C20H25N3O.HI/c1-21-20(22-18-13-17(18)15-9-5-4-6-10-15)23(2)14-16-11-7-8-12-19(16)24-3;/h4-12,17-18H,13-14H2,1-3H3,(H,21,22);1H. The average Bonchev–Trinajstić information content (AvgIpc) is 3.40. The van der Waals surface area contributed by atoms with Crippen molar-refractivity contribution in [1.82, 2.24) is 10.2 Å². The number of para-hydroxylation sites is 1. The van der Waals surface area contributed by atoms with Crippen molar-refractivity contribution in [2.24, 2.45) is 4.99 Å². The van der Waals surface area contributed by atoms with E-state index >= 15 is 0 Å². The molecule has 5 heteroatoms. The van der Waals surface area contributed by atoms with Crippen LogP contribution in [0.1, 0.15) is 23.5 Å². The molecule has 1 aliphatic carbocycles. The lowest BCUT2D eigenvalue weighted by atomic mass is 10.1. The molecule has 1 fully saturated rings. The predicted molar refractivity (Wildman–Crippen MR) is 114 cm³/mol. The Morgan fingerprint density at radius 1 is 1.16 bits per heavy atom. The lowest BCUT2D eigenvalue weighted by Crippen LogP contribution is -2.40. The maximum atomic E-state index is 5.44. The van der Waals surface area contributed by atoms with Crippen LogP contribution in [0.25, 0.3) is 0 Å². The van der Waals surface area contributed by atoms with Gasteiger partial charge < -0.3 is 15.0 Å². The van der Waals surface area contributed by atoms with Crippen LogP contribution in [0, 0.1) is 0 Å². The highest BCUT2D eigenvalue weighted by molar-refractivity contribution is 14.0. The number of hydrogen-bond donors (Lipinski definition) is 1. The molecule has 2 aromatic rings. The Hall–Kier alpha value is -1.76. The summed E-state index contributed by atoms with van der Waals surface area (Å²) >= 11 is 0. The number of methoxy groups -OCH3 is 1. The molecular weight excluding hydrogens is 425 g/mol. The zero-order chi connectivity index (χ0) is 16.9. The van der Waals surface area contributed by atoms with Gasteiger partial charge in [0.25, 0.3) is 0 Å². The zero-order valence-corrected chi connectivity index (χ0v) is 17.3. The Morgan fingerprint density at radius 2 is 1.84 bits per heavy atom. The number of ether oxygens (including phenoxy) is 1. The van der Waals surface area contributed by atoms with Crippen molar-refractivity contribution >= 4 is 29.9 Å². The number of aliphatic imine (C=N–C) groups is 1. The third-order valence-corrected chi connectivity index (χ3v) is 4.51. The molecule has 0 amide bonds. The molecule has 1 N–H and O–H groups in total. The van der Waals surface area contributed by atoms with Gasteiger partial charge in [0, 0.05) is 38.2 Å². The minimum absolute atomic E-state index is 0. The summed E-state index contributed by atoms with van der Waals surface area (Å²) < 4.78 is 5.44. The smallest absolute Gasteiger partial charge is 0.193 e. The number of nitrogens with one attached hydrogen (secondary N) is 1. The lowest BCUT2D eigenvalue weighted by molar-refractivity contribution is 0.396. The van der Waals surface area contributed by atoms with E-state index in [1.807, 2.05) is 25.2 Å². The summed E-state index contributed by atoms with van der Waals surface area (Å²) in [7, 11) is 5.60. The highest BCUT2D eigenvalue weighted by Crippen LogP contribution is 2.40. The van der Waals surface area contributed by atoms with Crippen molar-refractivity contribution in [3.63, 3.8) is 0 Å². The van der Waals surface area contributed by atoms with Gasteiger partial charge in [-0.05, 0) is 18.1 Å². The first-order chi connectivity index (χ1) is 11.7. The molecule has 3 rings (SSSR count). The maximum Gasteiger partial charge on any atom is 0.193 e. The Bertz CT molecular complexity index is 705. The molecule has 0 radical (unpaired) electrons. The Labute approximate surface area is 167 Å². The topological polar surface area (TPSA) is 36.9 Å². The normalized spacial score (nSPS) is 18.9. The molecule has 2 unspecified atom stereocenters. The molecule has 4 nitrogen and oxygen atoms in total. The number of halogens is 1. The monoisotopic (exact) mass is 451 g/mol. The van der Waals surface area contributed by atoms with Crippen LogP contribution in [0.3, 0.4) is 0 Å². The predicted octanol–water partition coefficient (Wildman–Crippen LogP) is 3.88. The fraction of sp³-hybridized carbons (Fsp3) is 0.350. The largest absolute Gasteiger partial charge is 0.496 e. The Balaban J connectivity index is 0.00000225. The number of guanidine groups is 1. The molecule has 0 aromatic heterocycles. The second-order valence-electron chi connectivity index (χ2n) is 6.22. The van der Waals surface area contributed by atoms with Gasteiger partial charge in [-0.3, -0.25) is 4.99 Å². The highest BCUT2D eigenvalue weighted by Gasteiger charge is 2.39. The van der Waals surface area contributed by atoms with Gasteiger partial charge in [-0.2, -0.15) is 0 Å². The van der Waals surface area contributed by atoms with Gasteiger partial charge in [-0.1, -0.05) is 48.5 Å². The van der Waals surface area contributed by atoms with Crippen molar-refractivity contribution < 1.29 is 4.74 Å². The first-order valence-electron chi connectivity index (χ1n) is 8.34. The van der Waals surface area contributed by atoms with Gasteiger partial charge in [0.05, 0.1) is 7.11 Å². The van der Waals surface area contributed by atoms with Gasteiger partial charge in [0.1, 0.15) is 5.75 Å². The molecule has 2 aromatic carbocycles. The first kappa shape index (κ1) is 19.6. The number of hydrogen-bond acceptors (Lipinski definition) is 2. The fourth-order valence-electron chi connectivity index (χ4n) is 3.10. The molecule has 2 atom stereocenters. The third-order valence-electron chi connectivity index (χ3n) is 4.51. The summed E-state index contributed by atoms with van der Waals surface area (Å²) in [6, 6.07) is 19.2. The van der Waals surface area contributed by atoms with E-state index in [9.17, 15) is 0 Å². The molecule has 0 aliphatic heterocycles. The zero-order valence-electron chi connectivity index (χ0n) is 15.0. The summed E-state index contributed by atoms with van der Waals surface area (Å²) in [6.07, 6.45) is 1.16. The van der Waals surface area contributed by atoms with Crippen LogP contribution in [-0.2, 0) is 6.54 Å². The van der Waals surface area contributed by atoms with Gasteiger partial charge in [0.2, 0.25) is 0 Å². The molecule has 0 spiro atoms. The van der Waals surface area contributed by atoms with Crippen LogP contribution in [0.2, 0.25) is 0 Å². The minimum atomic E-state index is 0. The first-order valence-corrected chi connectivity index (χ1v) is 8.34. The molecular formula is C20H26IN3O. The summed E-state index contributed by atoms with van der Waals surface area (Å²) in [5.74, 6) is 2.42. The number of benzene rings is 2. The average molecular weight is 451 g/mol. The second-order valence-corrected chi connectivity index (χ2v) is 6.22. The summed E-state index contributed by atoms with van der Waals surface area (Å²) in [4.78, 5) is 6.58. The lowest BCUT2D eigenvalue weighted by Gasteiger charge is -2.23. The maximum absolute atomic E-state index is 5.44. The van der Waals surface area contributed by atoms with Crippen LogP contribution in [0.15, 0.2) is 59.6 Å². The highest BCUT2D eigenvalue weighted by atomic mass is 127. The second kappa shape index (κ2) is 9.08. The van der Waals surface area contributed by atoms with Gasteiger partial charge in [-0.25, -0.2) is 0 Å². The van der Waals surface area contributed by atoms with Crippen LogP contribution < -0.4 is 10.1 Å². The van der Waals surface area contributed by atoms with E-state index in [0.29, 0.717) is 12.0 Å². The van der Waals surface area contributed by atoms with Crippen molar-refractivity contribution in [1.29, 1.82) is 0 Å². The molecule has 134 valence electrons. The van der Waals surface area contributed by atoms with Gasteiger partial charge in [0.15, 0.2) is 5.96 Å². The third kappa shape index (κ3) is 4.87. The summed E-state index contributed by atoms with van der Waals surface area (Å²) in [5, 5.41) is 3.58. The van der Waals surface area contributed by atoms with Crippen molar-refractivity contribution in [3.05, 3.63) is 65.7 Å². The van der Waals surface area contributed by atoms with Crippen molar-refractivity contribution in [3.8, 4) is 5.75 Å². The number of rotatable bonds is 5. The van der Waals surface area contributed by atoms with Crippen LogP contribution in [-0.4, -0.2) is 38.1 Å². The van der Waals surface area contributed by atoms with E-state index in [-0.39, 0.29) is 24.0 Å².